The van der Waals surface area contributed by atoms with E-state index >= 15 is 0 Å². The molecule has 2 aromatic rings. The Morgan fingerprint density at radius 1 is 1.48 bits per heavy atom. The molecule has 0 spiro atoms. The molecule has 2 atom stereocenters. The minimum Gasteiger partial charge on any atom is -0.315 e. The monoisotopic (exact) mass is 375 g/mol. The number of carbonyl (C=O) groups is 2. The van der Waals surface area contributed by atoms with E-state index in [0.717, 1.165) is 27.3 Å². The van der Waals surface area contributed by atoms with Gasteiger partial charge in [-0.15, -0.1) is 11.8 Å². The predicted octanol–water partition coefficient (Wildman–Crippen LogP) is 3.41. The van der Waals surface area contributed by atoms with Crippen LogP contribution >= 0.6 is 23.1 Å². The van der Waals surface area contributed by atoms with Crippen molar-refractivity contribution in [3.63, 3.8) is 0 Å². The molecule has 4 rings (SSSR count). The van der Waals surface area contributed by atoms with E-state index in [1.54, 1.807) is 28.0 Å². The fourth-order valence-corrected chi connectivity index (χ4v) is 6.29. The molecule has 25 heavy (non-hydrogen) atoms. The minimum atomic E-state index is -0.377. The molecule has 5 nitrogen and oxygen atoms in total. The number of benzene rings is 1. The van der Waals surface area contributed by atoms with Crippen LogP contribution < -0.4 is 4.90 Å². The molecule has 0 N–H and O–H groups in total. The number of thioether (sulfide) groups is 1. The lowest BCUT2D eigenvalue weighted by Gasteiger charge is -2.32. The zero-order chi connectivity index (χ0) is 17.8. The largest absolute Gasteiger partial charge is 0.315 e. The normalized spacial score (nSPS) is 25.6. The summed E-state index contributed by atoms with van der Waals surface area (Å²) in [5.74, 6) is 0.759. The number of hydrogen-bond acceptors (Lipinski definition) is 5. The molecule has 2 aliphatic heterocycles. The number of hydrogen-bond donors (Lipinski definition) is 0. The van der Waals surface area contributed by atoms with Gasteiger partial charge in [-0.25, -0.2) is 4.98 Å². The third-order valence-electron chi connectivity index (χ3n) is 5.15. The topological polar surface area (TPSA) is 53.5 Å². The van der Waals surface area contributed by atoms with Crippen LogP contribution in [-0.2, 0) is 9.59 Å². The molecule has 7 heteroatoms. The van der Waals surface area contributed by atoms with Crippen molar-refractivity contribution in [1.82, 2.24) is 9.88 Å². The van der Waals surface area contributed by atoms with Gasteiger partial charge < -0.3 is 4.90 Å². The number of amides is 2. The highest BCUT2D eigenvalue weighted by atomic mass is 32.2. The number of anilines is 1. The number of thiazole rings is 1. The van der Waals surface area contributed by atoms with Crippen LogP contribution in [0.15, 0.2) is 18.2 Å². The maximum atomic E-state index is 13.3. The Labute approximate surface area is 155 Å². The fourth-order valence-electron chi connectivity index (χ4n) is 3.76. The smallest absolute Gasteiger partial charge is 0.252 e. The predicted molar refractivity (Wildman–Crippen MR) is 103 cm³/mol. The van der Waals surface area contributed by atoms with E-state index in [9.17, 15) is 9.59 Å². The Balaban J connectivity index is 1.67. The van der Waals surface area contributed by atoms with E-state index in [2.05, 4.69) is 6.92 Å². The highest BCUT2D eigenvalue weighted by Gasteiger charge is 2.53. The van der Waals surface area contributed by atoms with Gasteiger partial charge in [-0.3, -0.25) is 14.5 Å². The van der Waals surface area contributed by atoms with Crippen molar-refractivity contribution in [1.29, 1.82) is 0 Å². The molecule has 0 aliphatic carbocycles. The first-order valence-corrected chi connectivity index (χ1v) is 10.4. The highest BCUT2D eigenvalue weighted by Crippen LogP contribution is 2.47. The second kappa shape index (κ2) is 5.99. The van der Waals surface area contributed by atoms with Crippen molar-refractivity contribution >= 4 is 50.3 Å². The lowest BCUT2D eigenvalue weighted by Crippen LogP contribution is -2.51. The summed E-state index contributed by atoms with van der Waals surface area (Å²) in [4.78, 5) is 33.6. The molecular formula is C18H21N3O2S2. The van der Waals surface area contributed by atoms with Crippen LogP contribution in [0.25, 0.3) is 10.2 Å². The van der Waals surface area contributed by atoms with Crippen LogP contribution in [0.2, 0.25) is 0 Å². The van der Waals surface area contributed by atoms with Gasteiger partial charge in [-0.2, -0.15) is 0 Å². The summed E-state index contributed by atoms with van der Waals surface area (Å²) in [5.41, 5.74) is 2.07. The molecule has 1 aromatic carbocycles. The fraction of sp³-hybridized carbons (Fsp3) is 0.500. The Morgan fingerprint density at radius 2 is 2.28 bits per heavy atom. The molecule has 0 unspecified atom stereocenters. The SMILES string of the molecule is CCN(C(=O)[C@@H]1CS[C@]2(C)CCC(=O)N12)c1nc2c(C)cccc2s1. The van der Waals surface area contributed by atoms with Crippen molar-refractivity contribution in [2.45, 2.75) is 44.5 Å². The number of nitrogens with zero attached hydrogens (tertiary/aromatic N) is 3. The summed E-state index contributed by atoms with van der Waals surface area (Å²) >= 11 is 3.27. The number of carbonyl (C=O) groups excluding carboxylic acids is 2. The number of rotatable bonds is 3. The van der Waals surface area contributed by atoms with Crippen LogP contribution in [0.4, 0.5) is 5.13 Å². The summed E-state index contributed by atoms with van der Waals surface area (Å²) in [6, 6.07) is 5.71. The molecule has 1 aromatic heterocycles. The Hall–Kier alpha value is -1.60. The molecule has 0 saturated carbocycles. The average Bonchev–Trinajstić information content (AvgIpc) is 3.23. The summed E-state index contributed by atoms with van der Waals surface area (Å²) in [6.07, 6.45) is 1.37. The maximum Gasteiger partial charge on any atom is 0.252 e. The lowest BCUT2D eigenvalue weighted by atomic mass is 10.2. The van der Waals surface area contributed by atoms with Gasteiger partial charge in [0.2, 0.25) is 5.91 Å². The second-order valence-electron chi connectivity index (χ2n) is 6.77. The number of likely N-dealkylation sites (N-methyl/N-ethyl adjacent to an activating group) is 1. The summed E-state index contributed by atoms with van der Waals surface area (Å²) in [7, 11) is 0. The molecule has 2 fully saturated rings. The molecule has 2 aliphatic rings. The van der Waals surface area contributed by atoms with Crippen molar-refractivity contribution in [3.05, 3.63) is 23.8 Å². The molecule has 132 valence electrons. The van der Waals surface area contributed by atoms with Gasteiger partial charge >= 0.3 is 0 Å². The van der Waals surface area contributed by atoms with Gasteiger partial charge in [-0.05, 0) is 38.8 Å². The third kappa shape index (κ3) is 2.56. The van der Waals surface area contributed by atoms with E-state index in [1.807, 2.05) is 36.9 Å². The molecule has 3 heterocycles. The van der Waals surface area contributed by atoms with Crippen molar-refractivity contribution in [3.8, 4) is 0 Å². The van der Waals surface area contributed by atoms with Gasteiger partial charge in [0.1, 0.15) is 6.04 Å². The minimum absolute atomic E-state index is 0.00863. The second-order valence-corrected chi connectivity index (χ2v) is 9.28. The summed E-state index contributed by atoms with van der Waals surface area (Å²) < 4.78 is 1.09. The van der Waals surface area contributed by atoms with Crippen molar-refractivity contribution in [2.24, 2.45) is 0 Å². The molecule has 0 radical (unpaired) electrons. The number of aryl methyl sites for hydroxylation is 1. The first-order chi connectivity index (χ1) is 11.9. The zero-order valence-electron chi connectivity index (χ0n) is 14.6. The first-order valence-electron chi connectivity index (χ1n) is 8.58. The van der Waals surface area contributed by atoms with Crippen LogP contribution in [0, 0.1) is 6.92 Å². The van der Waals surface area contributed by atoms with E-state index < -0.39 is 0 Å². The number of para-hydroxylation sites is 1. The van der Waals surface area contributed by atoms with E-state index in [1.165, 1.54) is 0 Å². The standard InChI is InChI=1S/C18H21N3O2S2/c1-4-20(17-19-15-11(2)6-5-7-13(15)25-17)16(23)12-10-24-18(3)9-8-14(22)21(12)18/h5-7,12H,4,8-10H2,1-3H3/t12-,18+/m0/s1. The van der Waals surface area contributed by atoms with Crippen LogP contribution in [0.5, 0.6) is 0 Å². The van der Waals surface area contributed by atoms with Gasteiger partial charge in [0, 0.05) is 18.7 Å². The van der Waals surface area contributed by atoms with Gasteiger partial charge in [0.05, 0.1) is 15.1 Å². The maximum absolute atomic E-state index is 13.3. The zero-order valence-corrected chi connectivity index (χ0v) is 16.2. The van der Waals surface area contributed by atoms with E-state index in [4.69, 9.17) is 4.98 Å². The van der Waals surface area contributed by atoms with Crippen LogP contribution in [0.3, 0.4) is 0 Å². The quantitative estimate of drug-likeness (QED) is 0.825. The Kier molecular flexibility index (Phi) is 4.03. The molecule has 0 bridgehead atoms. The van der Waals surface area contributed by atoms with Crippen molar-refractivity contribution in [2.75, 3.05) is 17.2 Å². The molecule has 2 amide bonds. The average molecular weight is 376 g/mol. The molecular weight excluding hydrogens is 354 g/mol. The van der Waals surface area contributed by atoms with Crippen LogP contribution in [-0.4, -0.2) is 44.9 Å². The number of aromatic nitrogens is 1. The lowest BCUT2D eigenvalue weighted by molar-refractivity contribution is -0.136. The number of fused-ring (bicyclic) bond motifs is 2. The highest BCUT2D eigenvalue weighted by molar-refractivity contribution is 8.01. The Morgan fingerprint density at radius 3 is 3.00 bits per heavy atom. The first kappa shape index (κ1) is 16.8. The van der Waals surface area contributed by atoms with E-state index in [0.29, 0.717) is 18.7 Å². The summed E-state index contributed by atoms with van der Waals surface area (Å²) in [5, 5.41) is 0.724. The molecule has 2 saturated heterocycles. The van der Waals surface area contributed by atoms with Gasteiger partial charge in [-0.1, -0.05) is 23.5 Å². The van der Waals surface area contributed by atoms with Crippen LogP contribution in [0.1, 0.15) is 32.3 Å². The van der Waals surface area contributed by atoms with E-state index in [-0.39, 0.29) is 22.7 Å². The summed E-state index contributed by atoms with van der Waals surface area (Å²) in [6.45, 7) is 6.63. The Bertz CT molecular complexity index is 865. The van der Waals surface area contributed by atoms with Gasteiger partial charge in [0.15, 0.2) is 5.13 Å². The van der Waals surface area contributed by atoms with Crippen molar-refractivity contribution < 1.29 is 9.59 Å². The third-order valence-corrected chi connectivity index (χ3v) is 7.70. The van der Waals surface area contributed by atoms with Gasteiger partial charge in [0.25, 0.3) is 5.91 Å².